The van der Waals surface area contributed by atoms with E-state index in [1.54, 1.807) is 0 Å². The van der Waals surface area contributed by atoms with Crippen LogP contribution in [-0.4, -0.2) is 21.8 Å². The van der Waals surface area contributed by atoms with Crippen LogP contribution in [0.5, 0.6) is 0 Å². The molecule has 0 amide bonds. The maximum Gasteiger partial charge on any atom is 0.337 e. The first kappa shape index (κ1) is 23.1. The van der Waals surface area contributed by atoms with Crippen LogP contribution in [0.1, 0.15) is 98.8 Å². The van der Waals surface area contributed by atoms with Crippen LogP contribution < -0.4 is 0 Å². The van der Waals surface area contributed by atoms with Crippen molar-refractivity contribution in [3.8, 4) is 0 Å². The average molecular weight is 345 g/mol. The van der Waals surface area contributed by atoms with Crippen molar-refractivity contribution in [2.45, 2.75) is 111 Å². The van der Waals surface area contributed by atoms with Gasteiger partial charge in [-0.15, -0.1) is 0 Å². The van der Waals surface area contributed by atoms with E-state index in [1.807, 2.05) is 0 Å². The third kappa shape index (κ3) is 13.1. The summed E-state index contributed by atoms with van der Waals surface area (Å²) in [7, 11) is -1.90. The van der Waals surface area contributed by atoms with Crippen molar-refractivity contribution in [3.05, 3.63) is 0 Å². The average Bonchev–Trinajstić information content (AvgIpc) is 2.54. The lowest BCUT2D eigenvalue weighted by atomic mass is 10.1. The molecule has 0 spiro atoms. The summed E-state index contributed by atoms with van der Waals surface area (Å²) < 4.78 is 12.5. The highest BCUT2D eigenvalue weighted by atomic mass is 28.4. The highest BCUT2D eigenvalue weighted by Crippen LogP contribution is 2.20. The molecule has 0 rings (SSSR count). The van der Waals surface area contributed by atoms with Gasteiger partial charge in [-0.1, -0.05) is 86.0 Å². The van der Waals surface area contributed by atoms with Gasteiger partial charge in [-0.25, -0.2) is 0 Å². The van der Waals surface area contributed by atoms with Crippen molar-refractivity contribution in [1.82, 2.24) is 0 Å². The minimum Gasteiger partial charge on any atom is -0.394 e. The summed E-state index contributed by atoms with van der Waals surface area (Å²) in [5.74, 6) is 0.715. The summed E-state index contributed by atoms with van der Waals surface area (Å²) >= 11 is 0. The minimum absolute atomic E-state index is 0.715. The second kappa shape index (κ2) is 15.7. The molecule has 0 bridgehead atoms. The fourth-order valence-corrected chi connectivity index (χ4v) is 5.26. The molecule has 0 saturated heterocycles. The Morgan fingerprint density at radius 1 is 0.652 bits per heavy atom. The predicted octanol–water partition coefficient (Wildman–Crippen LogP) is 7.08. The molecule has 0 unspecified atom stereocenters. The second-order valence-corrected chi connectivity index (χ2v) is 11.1. The molecule has 2 nitrogen and oxygen atoms in total. The monoisotopic (exact) mass is 344 g/mol. The molecule has 0 aliphatic carbocycles. The summed E-state index contributed by atoms with van der Waals surface area (Å²) in [5, 5.41) is 0. The lowest BCUT2D eigenvalue weighted by Crippen LogP contribution is -2.41. The Labute approximate surface area is 148 Å². The summed E-state index contributed by atoms with van der Waals surface area (Å²) in [4.78, 5) is 0. The fraction of sp³-hybridized carbons (Fsp3) is 1.00. The standard InChI is InChI=1S/C20H44O2Si/c1-6-9-10-11-12-13-14-15-16-18-21-23(7-2,8-3)22-19-17-20(4)5/h20H,6-19H2,1-5H3. The fourth-order valence-electron chi connectivity index (χ4n) is 2.85. The molecule has 0 saturated carbocycles. The smallest absolute Gasteiger partial charge is 0.337 e. The largest absolute Gasteiger partial charge is 0.394 e. The summed E-state index contributed by atoms with van der Waals surface area (Å²) in [5.41, 5.74) is 0. The van der Waals surface area contributed by atoms with Crippen LogP contribution in [-0.2, 0) is 8.85 Å². The molecule has 0 fully saturated rings. The van der Waals surface area contributed by atoms with Gasteiger partial charge in [-0.3, -0.25) is 0 Å². The van der Waals surface area contributed by atoms with E-state index in [0.29, 0.717) is 5.92 Å². The molecule has 0 heterocycles. The zero-order valence-corrected chi connectivity index (χ0v) is 17.8. The van der Waals surface area contributed by atoms with Gasteiger partial charge in [0.2, 0.25) is 0 Å². The lowest BCUT2D eigenvalue weighted by molar-refractivity contribution is 0.159. The maximum absolute atomic E-state index is 6.29. The number of rotatable bonds is 17. The van der Waals surface area contributed by atoms with Gasteiger partial charge in [0.15, 0.2) is 0 Å². The molecule has 140 valence electrons. The van der Waals surface area contributed by atoms with E-state index in [9.17, 15) is 0 Å². The minimum atomic E-state index is -1.90. The van der Waals surface area contributed by atoms with E-state index in [4.69, 9.17) is 8.85 Å². The number of hydrogen-bond acceptors (Lipinski definition) is 2. The molecule has 0 aliphatic heterocycles. The van der Waals surface area contributed by atoms with Crippen LogP contribution in [0.15, 0.2) is 0 Å². The highest BCUT2D eigenvalue weighted by molar-refractivity contribution is 6.67. The first-order valence-electron chi connectivity index (χ1n) is 10.4. The van der Waals surface area contributed by atoms with Gasteiger partial charge < -0.3 is 8.85 Å². The Hall–Kier alpha value is 0.137. The van der Waals surface area contributed by atoms with E-state index < -0.39 is 8.56 Å². The van der Waals surface area contributed by atoms with Gasteiger partial charge in [0.1, 0.15) is 0 Å². The molecule has 0 aliphatic rings. The van der Waals surface area contributed by atoms with Gasteiger partial charge in [0, 0.05) is 13.2 Å². The second-order valence-electron chi connectivity index (χ2n) is 7.33. The molecular formula is C20H44O2Si. The molecule has 0 radical (unpaired) electrons. The zero-order valence-electron chi connectivity index (χ0n) is 16.8. The third-order valence-corrected chi connectivity index (χ3v) is 8.37. The number of unbranched alkanes of at least 4 members (excludes halogenated alkanes) is 8. The molecule has 0 aromatic rings. The Bertz CT molecular complexity index is 240. The molecule has 0 N–H and O–H groups in total. The van der Waals surface area contributed by atoms with E-state index in [-0.39, 0.29) is 0 Å². The van der Waals surface area contributed by atoms with Crippen LogP contribution in [0.3, 0.4) is 0 Å². The van der Waals surface area contributed by atoms with Crippen molar-refractivity contribution >= 4 is 8.56 Å². The van der Waals surface area contributed by atoms with Crippen LogP contribution >= 0.6 is 0 Å². The van der Waals surface area contributed by atoms with Gasteiger partial charge >= 0.3 is 8.56 Å². The summed E-state index contributed by atoms with van der Waals surface area (Å²) in [6, 6.07) is 2.16. The van der Waals surface area contributed by atoms with Crippen LogP contribution in [0.2, 0.25) is 12.1 Å². The van der Waals surface area contributed by atoms with Gasteiger partial charge in [0.05, 0.1) is 0 Å². The van der Waals surface area contributed by atoms with E-state index in [2.05, 4.69) is 34.6 Å². The normalized spacial score (nSPS) is 12.3. The molecule has 0 atom stereocenters. The maximum atomic E-state index is 6.29. The highest BCUT2D eigenvalue weighted by Gasteiger charge is 2.33. The first-order chi connectivity index (χ1) is 11.1. The van der Waals surface area contributed by atoms with E-state index >= 15 is 0 Å². The van der Waals surface area contributed by atoms with Crippen molar-refractivity contribution in [2.75, 3.05) is 13.2 Å². The van der Waals surface area contributed by atoms with Crippen LogP contribution in [0.25, 0.3) is 0 Å². The summed E-state index contributed by atoms with van der Waals surface area (Å²) in [6.45, 7) is 13.1. The van der Waals surface area contributed by atoms with Crippen molar-refractivity contribution in [3.63, 3.8) is 0 Å². The third-order valence-electron chi connectivity index (χ3n) is 4.75. The van der Waals surface area contributed by atoms with Crippen LogP contribution in [0, 0.1) is 5.92 Å². The van der Waals surface area contributed by atoms with Gasteiger partial charge in [0.25, 0.3) is 0 Å². The zero-order chi connectivity index (χ0) is 17.4. The predicted molar refractivity (Wildman–Crippen MR) is 105 cm³/mol. The van der Waals surface area contributed by atoms with Crippen molar-refractivity contribution in [2.24, 2.45) is 5.92 Å². The Morgan fingerprint density at radius 3 is 1.61 bits per heavy atom. The SMILES string of the molecule is CCCCCCCCCCCO[Si](CC)(CC)OCCC(C)C. The molecule has 0 aromatic carbocycles. The van der Waals surface area contributed by atoms with E-state index in [1.165, 1.54) is 57.8 Å². The first-order valence-corrected chi connectivity index (χ1v) is 12.6. The quantitative estimate of drug-likeness (QED) is 0.207. The summed E-state index contributed by atoms with van der Waals surface area (Å²) in [6.07, 6.45) is 13.5. The Morgan fingerprint density at radius 2 is 1.13 bits per heavy atom. The number of hydrogen-bond donors (Lipinski definition) is 0. The topological polar surface area (TPSA) is 18.5 Å². The lowest BCUT2D eigenvalue weighted by Gasteiger charge is -2.29. The van der Waals surface area contributed by atoms with Gasteiger partial charge in [-0.2, -0.15) is 0 Å². The van der Waals surface area contributed by atoms with Crippen molar-refractivity contribution < 1.29 is 8.85 Å². The Balaban J connectivity index is 3.67. The molecule has 0 aromatic heterocycles. The molecule has 3 heteroatoms. The molecular weight excluding hydrogens is 300 g/mol. The van der Waals surface area contributed by atoms with Gasteiger partial charge in [-0.05, 0) is 30.8 Å². The van der Waals surface area contributed by atoms with Crippen LogP contribution in [0.4, 0.5) is 0 Å². The van der Waals surface area contributed by atoms with Crippen molar-refractivity contribution in [1.29, 1.82) is 0 Å². The molecule has 23 heavy (non-hydrogen) atoms. The van der Waals surface area contributed by atoms with E-state index in [0.717, 1.165) is 31.7 Å². The Kier molecular flexibility index (Phi) is 15.7.